The number of hydrogen-bond acceptors (Lipinski definition) is 5. The Bertz CT molecular complexity index is 496. The van der Waals surface area contributed by atoms with Crippen LogP contribution in [0, 0.1) is 6.92 Å². The molecule has 0 saturated heterocycles. The molecule has 0 saturated carbocycles. The van der Waals surface area contributed by atoms with E-state index in [0.29, 0.717) is 18.1 Å². The highest BCUT2D eigenvalue weighted by Crippen LogP contribution is 2.22. The van der Waals surface area contributed by atoms with Crippen LogP contribution in [0.25, 0.3) is 11.5 Å². The van der Waals surface area contributed by atoms with E-state index in [1.807, 2.05) is 26.0 Å². The molecule has 0 radical (unpaired) electrons. The maximum atomic E-state index is 9.75. The van der Waals surface area contributed by atoms with Crippen molar-refractivity contribution in [1.82, 2.24) is 15.1 Å². The van der Waals surface area contributed by atoms with Gasteiger partial charge < -0.3 is 9.63 Å². The van der Waals surface area contributed by atoms with Crippen LogP contribution < -0.4 is 0 Å². The molecule has 2 aromatic heterocycles. The number of aryl methyl sites for hydroxylation is 1. The standard InChI is InChI=1S/C12H15N3O2/c1-3-5-10(16)11-14-12(17-15-11)9-6-4-7-13-8(9)2/h4,6-7,10,16H,3,5H2,1-2H3. The van der Waals surface area contributed by atoms with Crippen LogP contribution in [0.15, 0.2) is 22.9 Å². The summed E-state index contributed by atoms with van der Waals surface area (Å²) in [4.78, 5) is 8.35. The van der Waals surface area contributed by atoms with Gasteiger partial charge in [0.1, 0.15) is 6.10 Å². The summed E-state index contributed by atoms with van der Waals surface area (Å²) in [6, 6.07) is 3.68. The van der Waals surface area contributed by atoms with E-state index >= 15 is 0 Å². The summed E-state index contributed by atoms with van der Waals surface area (Å²) in [5.74, 6) is 0.742. The number of aliphatic hydroxyl groups excluding tert-OH is 1. The van der Waals surface area contributed by atoms with E-state index in [2.05, 4.69) is 15.1 Å². The Kier molecular flexibility index (Phi) is 3.49. The van der Waals surface area contributed by atoms with Gasteiger partial charge in [-0.2, -0.15) is 4.98 Å². The van der Waals surface area contributed by atoms with Gasteiger partial charge in [-0.25, -0.2) is 0 Å². The van der Waals surface area contributed by atoms with Crippen molar-refractivity contribution in [2.24, 2.45) is 0 Å². The molecule has 0 spiro atoms. The van der Waals surface area contributed by atoms with Crippen LogP contribution in [0.1, 0.15) is 37.4 Å². The lowest BCUT2D eigenvalue weighted by atomic mass is 10.2. The van der Waals surface area contributed by atoms with Crippen LogP contribution in [0.3, 0.4) is 0 Å². The summed E-state index contributed by atoms with van der Waals surface area (Å²) < 4.78 is 5.14. The molecule has 1 unspecified atom stereocenters. The van der Waals surface area contributed by atoms with Crippen LogP contribution in [0.2, 0.25) is 0 Å². The van der Waals surface area contributed by atoms with E-state index in [0.717, 1.165) is 17.7 Å². The highest BCUT2D eigenvalue weighted by Gasteiger charge is 2.16. The van der Waals surface area contributed by atoms with Crippen molar-refractivity contribution in [3.05, 3.63) is 29.8 Å². The van der Waals surface area contributed by atoms with Crippen LogP contribution in [0.4, 0.5) is 0 Å². The first kappa shape index (κ1) is 11.7. The van der Waals surface area contributed by atoms with Gasteiger partial charge in [0.15, 0.2) is 0 Å². The van der Waals surface area contributed by atoms with E-state index in [4.69, 9.17) is 4.52 Å². The molecule has 17 heavy (non-hydrogen) atoms. The largest absolute Gasteiger partial charge is 0.385 e. The molecule has 2 aromatic rings. The van der Waals surface area contributed by atoms with Gasteiger partial charge in [-0.15, -0.1) is 0 Å². The first-order chi connectivity index (χ1) is 8.22. The van der Waals surface area contributed by atoms with Crippen LogP contribution in [0.5, 0.6) is 0 Å². The molecule has 5 nitrogen and oxygen atoms in total. The molecule has 0 aliphatic heterocycles. The van der Waals surface area contributed by atoms with E-state index in [9.17, 15) is 5.11 Å². The summed E-state index contributed by atoms with van der Waals surface area (Å²) >= 11 is 0. The van der Waals surface area contributed by atoms with Crippen LogP contribution >= 0.6 is 0 Å². The molecule has 0 fully saturated rings. The third-order valence-electron chi connectivity index (χ3n) is 2.54. The molecule has 5 heteroatoms. The summed E-state index contributed by atoms with van der Waals surface area (Å²) in [5.41, 5.74) is 1.63. The van der Waals surface area contributed by atoms with Crippen molar-refractivity contribution in [3.8, 4) is 11.5 Å². The molecule has 90 valence electrons. The Balaban J connectivity index is 2.27. The Hall–Kier alpha value is -1.75. The van der Waals surface area contributed by atoms with Gasteiger partial charge in [-0.3, -0.25) is 4.98 Å². The monoisotopic (exact) mass is 233 g/mol. The second-order valence-electron chi connectivity index (χ2n) is 3.90. The molecular formula is C12H15N3O2. The molecule has 0 amide bonds. The zero-order chi connectivity index (χ0) is 12.3. The quantitative estimate of drug-likeness (QED) is 0.877. The zero-order valence-corrected chi connectivity index (χ0v) is 9.92. The van der Waals surface area contributed by atoms with Crippen molar-refractivity contribution in [1.29, 1.82) is 0 Å². The minimum absolute atomic E-state index is 0.338. The van der Waals surface area contributed by atoms with Crippen molar-refractivity contribution in [2.75, 3.05) is 0 Å². The first-order valence-electron chi connectivity index (χ1n) is 5.66. The molecule has 0 bridgehead atoms. The maximum Gasteiger partial charge on any atom is 0.259 e. The van der Waals surface area contributed by atoms with Crippen LogP contribution in [-0.2, 0) is 0 Å². The third-order valence-corrected chi connectivity index (χ3v) is 2.54. The van der Waals surface area contributed by atoms with Gasteiger partial charge in [-0.1, -0.05) is 18.5 Å². The fourth-order valence-electron chi connectivity index (χ4n) is 1.59. The normalized spacial score (nSPS) is 12.6. The minimum Gasteiger partial charge on any atom is -0.385 e. The highest BCUT2D eigenvalue weighted by atomic mass is 16.5. The summed E-state index contributed by atoms with van der Waals surface area (Å²) in [7, 11) is 0. The second kappa shape index (κ2) is 5.05. The number of hydrogen-bond donors (Lipinski definition) is 1. The fourth-order valence-corrected chi connectivity index (χ4v) is 1.59. The topological polar surface area (TPSA) is 72.0 Å². The highest BCUT2D eigenvalue weighted by molar-refractivity contribution is 5.55. The summed E-state index contributed by atoms with van der Waals surface area (Å²) in [6.45, 7) is 3.87. The Morgan fingerprint density at radius 1 is 1.47 bits per heavy atom. The van der Waals surface area contributed by atoms with E-state index in [1.165, 1.54) is 0 Å². The number of aliphatic hydroxyl groups is 1. The molecule has 2 heterocycles. The van der Waals surface area contributed by atoms with Crippen molar-refractivity contribution in [3.63, 3.8) is 0 Å². The lowest BCUT2D eigenvalue weighted by Gasteiger charge is -2.01. The van der Waals surface area contributed by atoms with E-state index in [1.54, 1.807) is 6.20 Å². The summed E-state index contributed by atoms with van der Waals surface area (Å²) in [6.07, 6.45) is 2.55. The second-order valence-corrected chi connectivity index (χ2v) is 3.90. The van der Waals surface area contributed by atoms with Crippen molar-refractivity contribution in [2.45, 2.75) is 32.8 Å². The summed E-state index contributed by atoms with van der Waals surface area (Å²) in [5, 5.41) is 13.5. The number of rotatable bonds is 4. The molecule has 0 aromatic carbocycles. The van der Waals surface area contributed by atoms with Gasteiger partial charge in [-0.05, 0) is 25.5 Å². The molecule has 2 rings (SSSR count). The van der Waals surface area contributed by atoms with Crippen LogP contribution in [-0.4, -0.2) is 20.2 Å². The van der Waals surface area contributed by atoms with Gasteiger partial charge in [0.25, 0.3) is 5.89 Å². The fraction of sp³-hybridized carbons (Fsp3) is 0.417. The Morgan fingerprint density at radius 2 is 2.29 bits per heavy atom. The van der Waals surface area contributed by atoms with Gasteiger partial charge in [0.2, 0.25) is 5.82 Å². The number of aromatic nitrogens is 3. The van der Waals surface area contributed by atoms with Crippen molar-refractivity contribution >= 4 is 0 Å². The molecule has 1 atom stereocenters. The minimum atomic E-state index is -0.658. The van der Waals surface area contributed by atoms with Gasteiger partial charge >= 0.3 is 0 Å². The van der Waals surface area contributed by atoms with Gasteiger partial charge in [0, 0.05) is 11.9 Å². The Morgan fingerprint density at radius 3 is 3.00 bits per heavy atom. The molecular weight excluding hydrogens is 218 g/mol. The average molecular weight is 233 g/mol. The number of pyridine rings is 1. The predicted octanol–water partition coefficient (Wildman–Crippen LogP) is 2.27. The first-order valence-corrected chi connectivity index (χ1v) is 5.66. The predicted molar refractivity (Wildman–Crippen MR) is 62.1 cm³/mol. The lowest BCUT2D eigenvalue weighted by molar-refractivity contribution is 0.153. The molecule has 0 aliphatic rings. The maximum absolute atomic E-state index is 9.75. The smallest absolute Gasteiger partial charge is 0.259 e. The lowest BCUT2D eigenvalue weighted by Crippen LogP contribution is -1.99. The molecule has 0 aliphatic carbocycles. The van der Waals surface area contributed by atoms with E-state index in [-0.39, 0.29) is 0 Å². The zero-order valence-electron chi connectivity index (χ0n) is 9.92. The van der Waals surface area contributed by atoms with Crippen molar-refractivity contribution < 1.29 is 9.63 Å². The van der Waals surface area contributed by atoms with E-state index < -0.39 is 6.10 Å². The third kappa shape index (κ3) is 2.50. The number of nitrogens with zero attached hydrogens (tertiary/aromatic N) is 3. The Labute approximate surface area is 99.5 Å². The SMILES string of the molecule is CCCC(O)c1noc(-c2cccnc2C)n1. The van der Waals surface area contributed by atoms with Gasteiger partial charge in [0.05, 0.1) is 5.56 Å². The average Bonchev–Trinajstić information content (AvgIpc) is 2.79. The molecule has 1 N–H and O–H groups in total.